The van der Waals surface area contributed by atoms with Gasteiger partial charge >= 0.3 is 0 Å². The molecule has 3 aliphatic heterocycles. The van der Waals surface area contributed by atoms with E-state index < -0.39 is 0 Å². The Kier molecular flexibility index (Phi) is 8.27. The van der Waals surface area contributed by atoms with Crippen LogP contribution in [0.3, 0.4) is 0 Å². The lowest BCUT2D eigenvalue weighted by molar-refractivity contribution is 0.0817. The number of amidine groups is 1. The smallest absolute Gasteiger partial charge is 0.170 e. The number of fused-ring (bicyclic) bond motifs is 1. The van der Waals surface area contributed by atoms with Gasteiger partial charge in [-0.15, -0.1) is 10.2 Å². The maximum absolute atomic E-state index is 7.00. The molecule has 4 N–H and O–H groups in total. The summed E-state index contributed by atoms with van der Waals surface area (Å²) < 4.78 is 6.48. The number of piperidine rings is 1. The molecule has 7 nitrogen and oxygen atoms in total. The van der Waals surface area contributed by atoms with Crippen molar-refractivity contribution in [1.29, 1.82) is 0 Å². The lowest BCUT2D eigenvalue weighted by Gasteiger charge is -2.40. The van der Waals surface area contributed by atoms with Gasteiger partial charge in [-0.25, -0.2) is 5.53 Å². The molecule has 1 saturated heterocycles. The number of hydrazone groups is 1. The van der Waals surface area contributed by atoms with Gasteiger partial charge in [0.05, 0.1) is 0 Å². The van der Waals surface area contributed by atoms with Crippen LogP contribution in [0.2, 0.25) is 0 Å². The zero-order valence-corrected chi connectivity index (χ0v) is 19.5. The highest BCUT2D eigenvalue weighted by Gasteiger charge is 2.36. The number of hydrazine groups is 2. The molecule has 5 rings (SSSR count). The summed E-state index contributed by atoms with van der Waals surface area (Å²) >= 11 is 0. The number of hydrogen-bond donors (Lipinski definition) is 4. The summed E-state index contributed by atoms with van der Waals surface area (Å²) in [6.07, 6.45) is 4.32. The predicted octanol–water partition coefficient (Wildman–Crippen LogP) is 3.27. The molecule has 2 aromatic rings. The predicted molar refractivity (Wildman–Crippen MR) is 130 cm³/mol. The Morgan fingerprint density at radius 3 is 2.31 bits per heavy atom. The zero-order valence-electron chi connectivity index (χ0n) is 19.5. The van der Waals surface area contributed by atoms with Crippen LogP contribution in [0.15, 0.2) is 59.7 Å². The Morgan fingerprint density at radius 2 is 1.66 bits per heavy atom. The van der Waals surface area contributed by atoms with Crippen molar-refractivity contribution in [3.05, 3.63) is 71.3 Å². The van der Waals surface area contributed by atoms with Crippen molar-refractivity contribution in [2.45, 2.75) is 39.2 Å². The molecule has 0 aromatic heterocycles. The lowest BCUT2D eigenvalue weighted by Crippen LogP contribution is -2.46. The first-order valence-electron chi connectivity index (χ1n) is 11.4. The van der Waals surface area contributed by atoms with E-state index in [1.807, 2.05) is 19.0 Å². The highest BCUT2D eigenvalue weighted by molar-refractivity contribution is 5.99. The van der Waals surface area contributed by atoms with E-state index >= 15 is 0 Å². The fraction of sp³-hybridized carbons (Fsp3) is 0.400. The largest absolute Gasteiger partial charge is 0.482 e. The van der Waals surface area contributed by atoms with Gasteiger partial charge in [0.15, 0.2) is 5.84 Å². The fourth-order valence-corrected chi connectivity index (χ4v) is 4.08. The molecular weight excluding hydrogens is 402 g/mol. The Morgan fingerprint density at radius 1 is 1.00 bits per heavy atom. The molecule has 3 aliphatic rings. The quantitative estimate of drug-likeness (QED) is 0.590. The van der Waals surface area contributed by atoms with Gasteiger partial charge in [-0.05, 0) is 43.3 Å². The molecule has 0 unspecified atom stereocenters. The van der Waals surface area contributed by atoms with Crippen LogP contribution in [0.25, 0.3) is 5.57 Å². The van der Waals surface area contributed by atoms with E-state index in [2.05, 4.69) is 82.9 Å². The van der Waals surface area contributed by atoms with E-state index in [0.29, 0.717) is 0 Å². The summed E-state index contributed by atoms with van der Waals surface area (Å²) in [5.41, 5.74) is 10.7. The topological polar surface area (TPSA) is 81.2 Å². The van der Waals surface area contributed by atoms with Crippen molar-refractivity contribution in [2.75, 3.05) is 26.7 Å². The van der Waals surface area contributed by atoms with E-state index in [1.165, 1.54) is 11.1 Å². The van der Waals surface area contributed by atoms with E-state index in [4.69, 9.17) is 9.84 Å². The summed E-state index contributed by atoms with van der Waals surface area (Å²) in [6.45, 7) is 8.85. The van der Waals surface area contributed by atoms with E-state index in [9.17, 15) is 0 Å². The molecule has 0 atom stereocenters. The number of nitrogens with one attached hydrogen (secondary N) is 3. The van der Waals surface area contributed by atoms with E-state index in [-0.39, 0.29) is 5.60 Å². The van der Waals surface area contributed by atoms with Crippen molar-refractivity contribution >= 4 is 11.4 Å². The normalized spacial score (nSPS) is 18.3. The van der Waals surface area contributed by atoms with Crippen LogP contribution in [0.4, 0.5) is 0 Å². The molecule has 0 saturated carbocycles. The molecule has 0 aliphatic carbocycles. The fourth-order valence-electron chi connectivity index (χ4n) is 4.08. The van der Waals surface area contributed by atoms with Crippen LogP contribution in [-0.4, -0.2) is 48.4 Å². The molecule has 0 radical (unpaired) electrons. The summed E-state index contributed by atoms with van der Waals surface area (Å²) in [7, 11) is 1.00. The summed E-state index contributed by atoms with van der Waals surface area (Å²) in [5.74, 6) is 1.82. The number of nitrogens with zero attached hydrogens (tertiary/aromatic N) is 2. The molecule has 1 fully saturated rings. The van der Waals surface area contributed by atoms with Gasteiger partial charge in [0, 0.05) is 37.6 Å². The number of para-hydroxylation sites is 1. The second-order valence-corrected chi connectivity index (χ2v) is 7.46. The Labute approximate surface area is 191 Å². The van der Waals surface area contributed by atoms with Crippen molar-refractivity contribution in [1.82, 2.24) is 21.4 Å². The number of hydrogen-bond acceptors (Lipinski definition) is 7. The van der Waals surface area contributed by atoms with Gasteiger partial charge in [-0.1, -0.05) is 56.3 Å². The van der Waals surface area contributed by atoms with E-state index in [0.717, 1.165) is 62.3 Å². The minimum Gasteiger partial charge on any atom is -0.482 e. The van der Waals surface area contributed by atoms with Crippen LogP contribution < -0.4 is 21.0 Å². The van der Waals surface area contributed by atoms with Crippen LogP contribution in [0.5, 0.6) is 5.75 Å². The van der Waals surface area contributed by atoms with Crippen LogP contribution in [-0.2, 0) is 0 Å². The SMILES string of the molecule is CC.CCN1NN=C(c2ccc(C3=CC4(CCNCC4)Oc4ccccc43)cc2)N1.CO. The Balaban J connectivity index is 0.000000686. The molecule has 3 heterocycles. The number of aliphatic hydroxyl groups excluding tert-OH is 1. The number of rotatable bonds is 3. The van der Waals surface area contributed by atoms with Gasteiger partial charge in [-0.2, -0.15) is 0 Å². The summed E-state index contributed by atoms with van der Waals surface area (Å²) in [5, 5.41) is 16.6. The van der Waals surface area contributed by atoms with Crippen molar-refractivity contribution in [2.24, 2.45) is 5.10 Å². The molecule has 32 heavy (non-hydrogen) atoms. The molecular formula is C25H35N5O2. The minimum atomic E-state index is -0.212. The molecule has 2 aromatic carbocycles. The third-order valence-electron chi connectivity index (χ3n) is 5.66. The maximum Gasteiger partial charge on any atom is 0.170 e. The van der Waals surface area contributed by atoms with Gasteiger partial charge in [-0.3, -0.25) is 5.43 Å². The van der Waals surface area contributed by atoms with Gasteiger partial charge in [0.1, 0.15) is 11.4 Å². The monoisotopic (exact) mass is 437 g/mol. The third kappa shape index (κ3) is 4.96. The maximum atomic E-state index is 7.00. The third-order valence-corrected chi connectivity index (χ3v) is 5.66. The minimum absolute atomic E-state index is 0.212. The number of benzene rings is 2. The molecule has 172 valence electrons. The summed E-state index contributed by atoms with van der Waals surface area (Å²) in [6, 6.07) is 17.0. The first kappa shape index (κ1) is 23.8. The Hall–Kier alpha value is -2.87. The lowest BCUT2D eigenvalue weighted by atomic mass is 9.83. The second kappa shape index (κ2) is 11.1. The van der Waals surface area contributed by atoms with Gasteiger partial charge in [0.25, 0.3) is 0 Å². The van der Waals surface area contributed by atoms with Crippen LogP contribution in [0, 0.1) is 0 Å². The first-order chi connectivity index (χ1) is 15.8. The van der Waals surface area contributed by atoms with Crippen molar-refractivity contribution in [3.8, 4) is 5.75 Å². The average Bonchev–Trinajstić information content (AvgIpc) is 3.36. The zero-order chi connectivity index (χ0) is 23.0. The van der Waals surface area contributed by atoms with Crippen LogP contribution >= 0.6 is 0 Å². The number of ether oxygens (including phenoxy) is 1. The van der Waals surface area contributed by atoms with Crippen LogP contribution in [0.1, 0.15) is 50.3 Å². The Bertz CT molecular complexity index is 934. The average molecular weight is 438 g/mol. The number of aliphatic hydroxyl groups is 1. The standard InChI is InChI=1S/C22H25N5O.C2H6.CH4O/c1-2-27-25-21(24-26-27)17-9-7-16(8-10-17)19-15-22(11-13-23-14-12-22)28-20-6-4-3-5-18(19)20;2*1-2/h3-10,15,23,26H,2,11-14H2,1H3,(H,24,25);1-2H3;2H,1H3. The van der Waals surface area contributed by atoms with E-state index in [1.54, 1.807) is 0 Å². The second-order valence-electron chi connectivity index (χ2n) is 7.46. The van der Waals surface area contributed by atoms with Gasteiger partial charge < -0.3 is 15.2 Å². The van der Waals surface area contributed by atoms with Crippen molar-refractivity contribution in [3.63, 3.8) is 0 Å². The highest BCUT2D eigenvalue weighted by atomic mass is 16.5. The highest BCUT2D eigenvalue weighted by Crippen LogP contribution is 2.42. The van der Waals surface area contributed by atoms with Crippen molar-refractivity contribution < 1.29 is 9.84 Å². The molecule has 0 bridgehead atoms. The summed E-state index contributed by atoms with van der Waals surface area (Å²) in [4.78, 5) is 0. The molecule has 1 spiro atoms. The molecule has 0 amide bonds. The molecule has 7 heteroatoms. The first-order valence-corrected chi connectivity index (χ1v) is 11.4. The van der Waals surface area contributed by atoms with Gasteiger partial charge in [0.2, 0.25) is 0 Å².